The fourth-order valence-electron chi connectivity index (χ4n) is 1.99. The summed E-state index contributed by atoms with van der Waals surface area (Å²) >= 11 is 3.20. The number of aliphatic carboxylic acids is 2. The van der Waals surface area contributed by atoms with Gasteiger partial charge in [0.25, 0.3) is 11.9 Å². The average molecular weight is 678 g/mol. The van der Waals surface area contributed by atoms with Gasteiger partial charge >= 0.3 is 0 Å². The molecule has 2 aromatic heterocycles. The molecule has 0 bridgehead atoms. The van der Waals surface area contributed by atoms with Crippen molar-refractivity contribution in [2.45, 2.75) is 13.8 Å². The van der Waals surface area contributed by atoms with Crippen molar-refractivity contribution in [2.24, 2.45) is 0 Å². The second kappa shape index (κ2) is 22.2. The van der Waals surface area contributed by atoms with Gasteiger partial charge in [-0.05, 0) is 88.7 Å². The molecule has 0 atom stereocenters. The van der Waals surface area contributed by atoms with Crippen molar-refractivity contribution in [1.29, 1.82) is 0 Å². The number of carboxylic acids is 2. The minimum absolute atomic E-state index is 0. The molecule has 10 nitrogen and oxygen atoms in total. The number of rotatable bonds is 2. The van der Waals surface area contributed by atoms with Gasteiger partial charge in [0.15, 0.2) is 0 Å². The standard InChI is InChI=1S/C11H11N3.C6H8N2.C5H4BrN.2C2H4O2.Pd/c12-9-4-6-10(7-5-9)14-11-3-1-2-8-13-11;7-5-1-2-6(8)4-3-5;6-5-3-1-2-4-7-5;2*1-2(3)4;/h1-8H,12H2,(H,13,14);1-4H,7-8H2;1-4H;2*1H3,(H,3,4);. The van der Waals surface area contributed by atoms with Gasteiger partial charge < -0.3 is 32.7 Å². The van der Waals surface area contributed by atoms with Crippen molar-refractivity contribution < 1.29 is 40.2 Å². The Hall–Kier alpha value is -3.98. The molecule has 0 saturated carbocycles. The van der Waals surface area contributed by atoms with Crippen molar-refractivity contribution in [2.75, 3.05) is 22.5 Å². The van der Waals surface area contributed by atoms with E-state index in [1.807, 2.05) is 60.7 Å². The molecule has 4 rings (SSSR count). The largest absolute Gasteiger partial charge is 0.481 e. The maximum Gasteiger partial charge on any atom is 0.300 e. The Balaban J connectivity index is 0. The van der Waals surface area contributed by atoms with Crippen LogP contribution in [0.15, 0.2) is 102 Å². The second-order valence-electron chi connectivity index (χ2n) is 6.82. The number of nitrogens with zero attached hydrogens (tertiary/aromatic N) is 2. The SMILES string of the molecule is Brc1ccccn1.CC(=O)O.CC(=O)O.Nc1ccc(N)cc1.Nc1ccc(Nc2ccccn2)cc1.[Pd]. The number of hydrogen-bond acceptors (Lipinski definition) is 8. The van der Waals surface area contributed by atoms with Gasteiger partial charge in [0.1, 0.15) is 10.4 Å². The van der Waals surface area contributed by atoms with E-state index in [0.29, 0.717) is 0 Å². The molecule has 4 aromatic rings. The van der Waals surface area contributed by atoms with E-state index in [2.05, 4.69) is 31.2 Å². The summed E-state index contributed by atoms with van der Waals surface area (Å²) in [6.07, 6.45) is 3.49. The van der Waals surface area contributed by atoms with Crippen LogP contribution in [0.2, 0.25) is 0 Å². The van der Waals surface area contributed by atoms with Crippen LogP contribution in [0, 0.1) is 0 Å². The van der Waals surface area contributed by atoms with Crippen LogP contribution in [0.25, 0.3) is 0 Å². The van der Waals surface area contributed by atoms with Gasteiger partial charge in [-0.3, -0.25) is 9.59 Å². The van der Waals surface area contributed by atoms with Crippen molar-refractivity contribution in [3.05, 3.63) is 102 Å². The Kier molecular flexibility index (Phi) is 21.2. The first kappa shape index (κ1) is 36.2. The molecule has 0 fully saturated rings. The number of carbonyl (C=O) groups is 2. The fraction of sp³-hybridized carbons (Fsp3) is 0.0769. The molecule has 2 heterocycles. The quantitative estimate of drug-likeness (QED) is 0.0924. The summed E-state index contributed by atoms with van der Waals surface area (Å²) in [7, 11) is 0. The number of hydrogen-bond donors (Lipinski definition) is 6. The topological polar surface area (TPSA) is 190 Å². The Bertz CT molecular complexity index is 1110. The summed E-state index contributed by atoms with van der Waals surface area (Å²) in [5, 5.41) is 18.0. The Labute approximate surface area is 244 Å². The van der Waals surface area contributed by atoms with E-state index in [4.69, 9.17) is 37.0 Å². The van der Waals surface area contributed by atoms with Crippen LogP contribution in [0.4, 0.5) is 28.6 Å². The average Bonchev–Trinajstić information content (AvgIpc) is 2.84. The molecule has 0 aliphatic rings. The number of nitrogens with two attached hydrogens (primary N) is 3. The third-order valence-corrected chi connectivity index (χ3v) is 3.88. The third-order valence-electron chi connectivity index (χ3n) is 3.41. The van der Waals surface area contributed by atoms with Crippen LogP contribution in [0.1, 0.15) is 13.8 Å². The maximum absolute atomic E-state index is 9.00. The fourth-order valence-corrected chi connectivity index (χ4v) is 2.26. The number of halogens is 1. The van der Waals surface area contributed by atoms with Gasteiger partial charge in [-0.15, -0.1) is 0 Å². The van der Waals surface area contributed by atoms with Crippen LogP contribution in [0.3, 0.4) is 0 Å². The van der Waals surface area contributed by atoms with Gasteiger partial charge in [0.05, 0.1) is 0 Å². The number of nitrogen functional groups attached to an aromatic ring is 3. The molecule has 0 radical (unpaired) electrons. The van der Waals surface area contributed by atoms with Gasteiger partial charge in [-0.25, -0.2) is 9.97 Å². The van der Waals surface area contributed by atoms with Crippen molar-refractivity contribution in [3.63, 3.8) is 0 Å². The smallest absolute Gasteiger partial charge is 0.300 e. The van der Waals surface area contributed by atoms with E-state index in [-0.39, 0.29) is 20.4 Å². The zero-order valence-electron chi connectivity index (χ0n) is 20.8. The first-order chi connectivity index (χ1) is 17.5. The van der Waals surface area contributed by atoms with E-state index in [1.54, 1.807) is 36.7 Å². The minimum atomic E-state index is -0.833. The molecule has 0 amide bonds. The minimum Gasteiger partial charge on any atom is -0.481 e. The molecular weight excluding hydrogens is 647 g/mol. The number of benzene rings is 2. The first-order valence-electron chi connectivity index (χ1n) is 10.6. The zero-order chi connectivity index (χ0) is 28.1. The molecular formula is C26H31BrN6O4Pd. The van der Waals surface area contributed by atoms with Crippen LogP contribution < -0.4 is 22.5 Å². The van der Waals surface area contributed by atoms with Gasteiger partial charge in [-0.1, -0.05) is 12.1 Å². The second-order valence-corrected chi connectivity index (χ2v) is 7.63. The van der Waals surface area contributed by atoms with E-state index in [0.717, 1.165) is 47.0 Å². The summed E-state index contributed by atoms with van der Waals surface area (Å²) in [5.74, 6) is -0.836. The third kappa shape index (κ3) is 23.7. The summed E-state index contributed by atoms with van der Waals surface area (Å²) in [6.45, 7) is 2.17. The monoisotopic (exact) mass is 676 g/mol. The molecule has 206 valence electrons. The van der Waals surface area contributed by atoms with E-state index < -0.39 is 11.9 Å². The van der Waals surface area contributed by atoms with Gasteiger partial charge in [0.2, 0.25) is 0 Å². The summed E-state index contributed by atoms with van der Waals surface area (Å²) < 4.78 is 0.884. The number of pyridine rings is 2. The van der Waals surface area contributed by atoms with Crippen LogP contribution in [0.5, 0.6) is 0 Å². The Morgan fingerprint density at radius 2 is 1.05 bits per heavy atom. The molecule has 38 heavy (non-hydrogen) atoms. The maximum atomic E-state index is 9.00. The first-order valence-corrected chi connectivity index (χ1v) is 11.4. The van der Waals surface area contributed by atoms with E-state index in [1.165, 1.54) is 0 Å². The van der Waals surface area contributed by atoms with Crippen molar-refractivity contribution >= 4 is 56.4 Å². The Morgan fingerprint density at radius 1 is 0.684 bits per heavy atom. The van der Waals surface area contributed by atoms with Crippen LogP contribution in [-0.4, -0.2) is 32.1 Å². The number of aromatic nitrogens is 2. The molecule has 0 saturated heterocycles. The summed E-state index contributed by atoms with van der Waals surface area (Å²) in [5.41, 5.74) is 19.6. The molecule has 0 aliphatic heterocycles. The van der Waals surface area contributed by atoms with Gasteiger partial charge in [-0.2, -0.15) is 0 Å². The molecule has 9 N–H and O–H groups in total. The predicted molar refractivity (Wildman–Crippen MR) is 152 cm³/mol. The van der Waals surface area contributed by atoms with E-state index in [9.17, 15) is 0 Å². The molecule has 0 unspecified atom stereocenters. The summed E-state index contributed by atoms with van der Waals surface area (Å²) in [4.78, 5) is 26.0. The van der Waals surface area contributed by atoms with Crippen LogP contribution in [-0.2, 0) is 30.0 Å². The molecule has 0 spiro atoms. The number of carboxylic acid groups (broad SMARTS) is 2. The Morgan fingerprint density at radius 3 is 1.34 bits per heavy atom. The van der Waals surface area contributed by atoms with Crippen molar-refractivity contribution in [1.82, 2.24) is 9.97 Å². The molecule has 0 aliphatic carbocycles. The van der Waals surface area contributed by atoms with Gasteiger partial charge in [0, 0.05) is 69.4 Å². The number of anilines is 5. The summed E-state index contributed by atoms with van der Waals surface area (Å²) in [6, 6.07) is 26.1. The van der Waals surface area contributed by atoms with Crippen LogP contribution >= 0.6 is 15.9 Å². The molecule has 12 heteroatoms. The predicted octanol–water partition coefficient (Wildman–Crippen LogP) is 5.28. The van der Waals surface area contributed by atoms with E-state index >= 15 is 0 Å². The number of nitrogens with one attached hydrogen (secondary N) is 1. The normalized spacial score (nSPS) is 8.39. The zero-order valence-corrected chi connectivity index (χ0v) is 23.9. The molecule has 2 aromatic carbocycles. The van der Waals surface area contributed by atoms with Crippen molar-refractivity contribution in [3.8, 4) is 0 Å².